The highest BCUT2D eigenvalue weighted by Gasteiger charge is 2.29. The number of amides is 2. The molecule has 0 spiro atoms. The van der Waals surface area contributed by atoms with Crippen molar-refractivity contribution in [3.05, 3.63) is 95.8 Å². The zero-order chi connectivity index (χ0) is 27.8. The molecular formula is C30H32N4O5. The van der Waals surface area contributed by atoms with Gasteiger partial charge in [0.1, 0.15) is 5.69 Å². The summed E-state index contributed by atoms with van der Waals surface area (Å²) < 4.78 is 5.44. The van der Waals surface area contributed by atoms with Gasteiger partial charge in [-0.2, -0.15) is 0 Å². The first-order chi connectivity index (χ1) is 18.9. The molecule has 0 aliphatic carbocycles. The molecule has 1 aromatic heterocycles. The number of hydrogen-bond acceptors (Lipinski definition) is 7. The van der Waals surface area contributed by atoms with Crippen LogP contribution in [0.3, 0.4) is 0 Å². The first kappa shape index (κ1) is 27.5. The molecule has 4 aromatic rings. The summed E-state index contributed by atoms with van der Waals surface area (Å²) in [5, 5.41) is 24.8. The van der Waals surface area contributed by atoms with Crippen LogP contribution in [0.5, 0.6) is 11.5 Å². The van der Waals surface area contributed by atoms with Gasteiger partial charge in [0.05, 0.1) is 36.0 Å². The maximum atomic E-state index is 13.2. The average molecular weight is 529 g/mol. The second kappa shape index (κ2) is 12.8. The van der Waals surface area contributed by atoms with E-state index in [9.17, 15) is 19.8 Å². The molecule has 3 aromatic carbocycles. The summed E-state index contributed by atoms with van der Waals surface area (Å²) in [6.45, 7) is 2.18. The number of carbonyl (C=O) groups excluding carboxylic acids is 2. The summed E-state index contributed by atoms with van der Waals surface area (Å²) in [5.41, 5.74) is 8.43. The van der Waals surface area contributed by atoms with Crippen LogP contribution in [0, 0.1) is 5.92 Å². The lowest BCUT2D eigenvalue weighted by molar-refractivity contribution is -0.122. The molecule has 0 aliphatic rings. The summed E-state index contributed by atoms with van der Waals surface area (Å²) in [4.78, 5) is 34.3. The van der Waals surface area contributed by atoms with E-state index in [0.29, 0.717) is 35.4 Å². The topological polar surface area (TPSA) is 148 Å². The third-order valence-electron chi connectivity index (χ3n) is 6.54. The van der Waals surface area contributed by atoms with Crippen LogP contribution in [0.4, 0.5) is 0 Å². The van der Waals surface area contributed by atoms with Crippen LogP contribution in [-0.2, 0) is 17.6 Å². The fourth-order valence-electron chi connectivity index (χ4n) is 4.49. The van der Waals surface area contributed by atoms with Crippen molar-refractivity contribution in [3.8, 4) is 11.5 Å². The number of phenolic OH excluding ortho intramolecular Hbond substituents is 1. The van der Waals surface area contributed by atoms with E-state index in [4.69, 9.17) is 10.5 Å². The molecule has 5 N–H and O–H groups in total. The predicted octanol–water partition coefficient (Wildman–Crippen LogP) is 3.17. The van der Waals surface area contributed by atoms with Gasteiger partial charge in [0.25, 0.3) is 5.91 Å². The zero-order valence-electron chi connectivity index (χ0n) is 21.7. The monoisotopic (exact) mass is 528 g/mol. The van der Waals surface area contributed by atoms with Gasteiger partial charge in [-0.25, -0.2) is 4.98 Å². The van der Waals surface area contributed by atoms with Gasteiger partial charge >= 0.3 is 0 Å². The Labute approximate surface area is 226 Å². The quantitative estimate of drug-likeness (QED) is 0.221. The highest BCUT2D eigenvalue weighted by molar-refractivity contribution is 5.94. The van der Waals surface area contributed by atoms with E-state index in [0.717, 1.165) is 5.56 Å². The largest absolute Gasteiger partial charge is 0.504 e. The Kier molecular flexibility index (Phi) is 9.06. The smallest absolute Gasteiger partial charge is 0.271 e. The number of aromatic hydroxyl groups is 1. The minimum Gasteiger partial charge on any atom is -0.504 e. The Morgan fingerprint density at radius 1 is 0.974 bits per heavy atom. The van der Waals surface area contributed by atoms with Gasteiger partial charge in [-0.15, -0.1) is 0 Å². The van der Waals surface area contributed by atoms with Gasteiger partial charge in [-0.1, -0.05) is 54.6 Å². The maximum Gasteiger partial charge on any atom is 0.271 e. The number of benzene rings is 3. The molecule has 202 valence electrons. The van der Waals surface area contributed by atoms with Crippen molar-refractivity contribution in [2.45, 2.75) is 38.3 Å². The minimum absolute atomic E-state index is 0.0329. The van der Waals surface area contributed by atoms with E-state index in [-0.39, 0.29) is 24.3 Å². The number of rotatable bonds is 12. The zero-order valence-corrected chi connectivity index (χ0v) is 21.7. The van der Waals surface area contributed by atoms with E-state index < -0.39 is 29.9 Å². The number of nitrogens with zero attached hydrogens (tertiary/aromatic N) is 2. The number of ether oxygens (including phenoxy) is 1. The second-order valence-corrected chi connectivity index (χ2v) is 9.32. The van der Waals surface area contributed by atoms with Crippen LogP contribution in [0.2, 0.25) is 0 Å². The Bertz CT molecular complexity index is 1430. The maximum absolute atomic E-state index is 13.2. The number of nitrogens with two attached hydrogens (primary N) is 1. The van der Waals surface area contributed by atoms with Crippen molar-refractivity contribution in [2.24, 2.45) is 11.7 Å². The third-order valence-corrected chi connectivity index (χ3v) is 6.54. The molecule has 3 atom stereocenters. The van der Waals surface area contributed by atoms with Crippen LogP contribution in [0.25, 0.3) is 11.0 Å². The molecule has 0 aliphatic heterocycles. The number of hydrogen-bond donors (Lipinski definition) is 4. The number of fused-ring (bicyclic) bond motifs is 1. The van der Waals surface area contributed by atoms with Crippen molar-refractivity contribution in [1.82, 2.24) is 15.3 Å². The number of phenols is 1. The molecule has 39 heavy (non-hydrogen) atoms. The Hall–Kier alpha value is -4.50. The van der Waals surface area contributed by atoms with Gasteiger partial charge in [0, 0.05) is 5.92 Å². The summed E-state index contributed by atoms with van der Waals surface area (Å²) in [7, 11) is 0. The van der Waals surface area contributed by atoms with E-state index in [2.05, 4.69) is 15.3 Å². The molecule has 1 heterocycles. The Morgan fingerprint density at radius 3 is 2.41 bits per heavy atom. The molecular weight excluding hydrogens is 496 g/mol. The SMILES string of the molecule is CCOc1cccc(CC(CC(O)C(Cc2ccccc2)NC(=O)c2cnc3ccccc3n2)C(N)=O)c1O. The lowest BCUT2D eigenvalue weighted by atomic mass is 9.88. The van der Waals surface area contributed by atoms with Crippen LogP contribution in [-0.4, -0.2) is 50.7 Å². The van der Waals surface area contributed by atoms with E-state index in [1.807, 2.05) is 42.5 Å². The number of primary amides is 1. The van der Waals surface area contributed by atoms with Gasteiger partial charge < -0.3 is 26.0 Å². The molecule has 0 radical (unpaired) electrons. The van der Waals surface area contributed by atoms with Gasteiger partial charge in [0.15, 0.2) is 11.5 Å². The minimum atomic E-state index is -1.13. The van der Waals surface area contributed by atoms with Crippen LogP contribution in [0.1, 0.15) is 35.0 Å². The molecule has 0 saturated carbocycles. The Balaban J connectivity index is 1.55. The number of nitrogens with one attached hydrogen (secondary N) is 1. The number of para-hydroxylation sites is 3. The van der Waals surface area contributed by atoms with Crippen molar-refractivity contribution in [3.63, 3.8) is 0 Å². The lowest BCUT2D eigenvalue weighted by Crippen LogP contribution is -2.46. The van der Waals surface area contributed by atoms with E-state index in [1.165, 1.54) is 6.20 Å². The van der Waals surface area contributed by atoms with Crippen LogP contribution < -0.4 is 15.8 Å². The molecule has 9 nitrogen and oxygen atoms in total. The third kappa shape index (κ3) is 7.08. The highest BCUT2D eigenvalue weighted by atomic mass is 16.5. The van der Waals surface area contributed by atoms with E-state index >= 15 is 0 Å². The van der Waals surface area contributed by atoms with Crippen molar-refractivity contribution in [2.75, 3.05) is 6.61 Å². The fraction of sp³-hybridized carbons (Fsp3) is 0.267. The summed E-state index contributed by atoms with van der Waals surface area (Å²) in [6.07, 6.45) is 0.642. The van der Waals surface area contributed by atoms with Gasteiger partial charge in [-0.3, -0.25) is 14.6 Å². The van der Waals surface area contributed by atoms with Gasteiger partial charge in [0.2, 0.25) is 5.91 Å². The first-order valence-electron chi connectivity index (χ1n) is 12.8. The summed E-state index contributed by atoms with van der Waals surface area (Å²) in [5.74, 6) is -1.68. The molecule has 0 bridgehead atoms. The number of aliphatic hydroxyl groups is 1. The lowest BCUT2D eigenvalue weighted by Gasteiger charge is -2.27. The standard InChI is InChI=1S/C30H32N4O5/c1-2-39-27-14-8-11-20(28(27)36)16-21(29(31)37)17-26(35)24(15-19-9-4-3-5-10-19)34-30(38)25-18-32-22-12-6-7-13-23(22)33-25/h3-14,18,21,24,26,35-36H,2,15-17H2,1H3,(H2,31,37)(H,34,38). The van der Waals surface area contributed by atoms with Crippen LogP contribution in [0.15, 0.2) is 79.0 Å². The number of aliphatic hydroxyl groups excluding tert-OH is 1. The van der Waals surface area contributed by atoms with E-state index in [1.54, 1.807) is 37.3 Å². The molecule has 0 fully saturated rings. The summed E-state index contributed by atoms with van der Waals surface area (Å²) in [6, 6.07) is 20.9. The first-order valence-corrected chi connectivity index (χ1v) is 12.8. The van der Waals surface area contributed by atoms with Crippen molar-refractivity contribution in [1.29, 1.82) is 0 Å². The predicted molar refractivity (Wildman–Crippen MR) is 147 cm³/mol. The highest BCUT2D eigenvalue weighted by Crippen LogP contribution is 2.32. The molecule has 2 amide bonds. The molecule has 0 saturated heterocycles. The Morgan fingerprint density at radius 2 is 1.69 bits per heavy atom. The van der Waals surface area contributed by atoms with Crippen LogP contribution >= 0.6 is 0 Å². The normalized spacial score (nSPS) is 13.4. The molecule has 9 heteroatoms. The van der Waals surface area contributed by atoms with Crippen molar-refractivity contribution < 1.29 is 24.5 Å². The molecule has 3 unspecified atom stereocenters. The summed E-state index contributed by atoms with van der Waals surface area (Å²) >= 11 is 0. The second-order valence-electron chi connectivity index (χ2n) is 9.32. The average Bonchev–Trinajstić information content (AvgIpc) is 2.94. The van der Waals surface area contributed by atoms with Gasteiger partial charge in [-0.05, 0) is 55.5 Å². The number of carbonyl (C=O) groups is 2. The van der Waals surface area contributed by atoms with Crippen molar-refractivity contribution >= 4 is 22.8 Å². The fourth-order valence-corrected chi connectivity index (χ4v) is 4.49. The number of aromatic nitrogens is 2. The molecule has 4 rings (SSSR count).